The second kappa shape index (κ2) is 6.22. The van der Waals surface area contributed by atoms with Gasteiger partial charge in [-0.15, -0.1) is 0 Å². The first-order valence-electron chi connectivity index (χ1n) is 5.22. The second-order valence-corrected chi connectivity index (χ2v) is 3.65. The molecule has 0 spiro atoms. The molecule has 0 amide bonds. The van der Waals surface area contributed by atoms with Crippen LogP contribution in [-0.4, -0.2) is 27.8 Å². The van der Waals surface area contributed by atoms with E-state index in [4.69, 9.17) is 14.4 Å². The summed E-state index contributed by atoms with van der Waals surface area (Å²) in [5.41, 5.74) is 0. The minimum absolute atomic E-state index is 0.0158. The van der Waals surface area contributed by atoms with Gasteiger partial charge in [0, 0.05) is 19.4 Å². The van der Waals surface area contributed by atoms with Crippen molar-refractivity contribution in [3.8, 4) is 0 Å². The van der Waals surface area contributed by atoms with Crippen LogP contribution in [0.15, 0.2) is 4.52 Å². The minimum atomic E-state index is -0.818. The van der Waals surface area contributed by atoms with Gasteiger partial charge in [-0.05, 0) is 12.8 Å². The van der Waals surface area contributed by atoms with Crippen LogP contribution in [0.4, 0.5) is 0 Å². The Morgan fingerprint density at radius 2 is 2.38 bits per heavy atom. The second-order valence-electron chi connectivity index (χ2n) is 3.65. The molecule has 1 unspecified atom stereocenters. The first-order chi connectivity index (χ1) is 7.61. The zero-order valence-electron chi connectivity index (χ0n) is 9.47. The highest BCUT2D eigenvalue weighted by atomic mass is 16.5. The van der Waals surface area contributed by atoms with E-state index in [2.05, 4.69) is 10.1 Å². The third-order valence-corrected chi connectivity index (χ3v) is 1.99. The van der Waals surface area contributed by atoms with Gasteiger partial charge >= 0.3 is 5.97 Å². The molecule has 1 atom stereocenters. The molecule has 1 aromatic rings. The summed E-state index contributed by atoms with van der Waals surface area (Å²) in [6.45, 7) is 4.64. The number of rotatable bonds is 7. The number of carbonyl (C=O) groups is 1. The molecule has 0 aliphatic carbocycles. The van der Waals surface area contributed by atoms with E-state index in [1.807, 2.05) is 13.8 Å². The van der Waals surface area contributed by atoms with Crippen LogP contribution in [0.3, 0.4) is 0 Å². The Labute approximate surface area is 93.6 Å². The van der Waals surface area contributed by atoms with E-state index in [-0.39, 0.29) is 12.3 Å². The predicted octanol–water partition coefficient (Wildman–Crippen LogP) is 1.26. The van der Waals surface area contributed by atoms with Crippen LogP contribution in [0.5, 0.6) is 0 Å². The molecule has 1 aromatic heterocycles. The van der Waals surface area contributed by atoms with Crippen molar-refractivity contribution in [2.24, 2.45) is 5.92 Å². The van der Waals surface area contributed by atoms with Gasteiger partial charge in [-0.1, -0.05) is 12.1 Å². The van der Waals surface area contributed by atoms with Gasteiger partial charge in [0.1, 0.15) is 6.61 Å². The van der Waals surface area contributed by atoms with E-state index in [0.717, 1.165) is 0 Å². The number of ether oxygens (including phenoxy) is 1. The summed E-state index contributed by atoms with van der Waals surface area (Å²) in [4.78, 5) is 14.6. The van der Waals surface area contributed by atoms with Gasteiger partial charge in [-0.3, -0.25) is 4.79 Å². The Kier molecular flexibility index (Phi) is 4.91. The molecule has 1 heterocycles. The van der Waals surface area contributed by atoms with Gasteiger partial charge in [0.25, 0.3) is 0 Å². The summed E-state index contributed by atoms with van der Waals surface area (Å²) in [7, 11) is 0. The van der Waals surface area contributed by atoms with Crippen molar-refractivity contribution in [3.05, 3.63) is 11.7 Å². The van der Waals surface area contributed by atoms with Crippen molar-refractivity contribution < 1.29 is 19.2 Å². The molecule has 1 N–H and O–H groups in total. The maximum atomic E-state index is 10.5. The number of aliphatic carboxylic acids is 1. The number of hydrogen-bond acceptors (Lipinski definition) is 5. The molecule has 0 radical (unpaired) electrons. The van der Waals surface area contributed by atoms with Crippen LogP contribution in [0, 0.1) is 5.92 Å². The minimum Gasteiger partial charge on any atom is -0.481 e. The van der Waals surface area contributed by atoms with E-state index >= 15 is 0 Å². The topological polar surface area (TPSA) is 85.5 Å². The molecule has 1 rings (SSSR count). The molecule has 0 aliphatic heterocycles. The van der Waals surface area contributed by atoms with E-state index in [1.165, 1.54) is 0 Å². The molecule has 0 aliphatic rings. The van der Waals surface area contributed by atoms with Crippen LogP contribution in [0.2, 0.25) is 0 Å². The number of aromatic nitrogens is 2. The van der Waals surface area contributed by atoms with E-state index in [1.54, 1.807) is 0 Å². The van der Waals surface area contributed by atoms with Crippen molar-refractivity contribution in [2.75, 3.05) is 6.61 Å². The molecule has 0 saturated carbocycles. The van der Waals surface area contributed by atoms with Gasteiger partial charge in [0.15, 0.2) is 5.82 Å². The molecular formula is C10H16N2O4. The largest absolute Gasteiger partial charge is 0.481 e. The predicted molar refractivity (Wildman–Crippen MR) is 54.7 cm³/mol. The Morgan fingerprint density at radius 1 is 1.62 bits per heavy atom. The average molecular weight is 228 g/mol. The maximum Gasteiger partial charge on any atom is 0.303 e. The lowest BCUT2D eigenvalue weighted by Gasteiger charge is -2.03. The number of hydrogen-bond donors (Lipinski definition) is 1. The molecule has 16 heavy (non-hydrogen) atoms. The van der Waals surface area contributed by atoms with Gasteiger partial charge in [-0.2, -0.15) is 4.98 Å². The number of nitrogens with zero attached hydrogens (tertiary/aromatic N) is 2. The Balaban J connectivity index is 2.42. The third-order valence-electron chi connectivity index (χ3n) is 1.99. The standard InChI is InChI=1S/C10H16N2O4/c1-3-15-6-8-11-9(16-12-8)4-7(2)5-10(13)14/h7H,3-6H2,1-2H3,(H,13,14). The summed E-state index contributed by atoms with van der Waals surface area (Å²) in [6.07, 6.45) is 0.578. The highest BCUT2D eigenvalue weighted by Crippen LogP contribution is 2.10. The van der Waals surface area contributed by atoms with E-state index in [0.29, 0.717) is 31.3 Å². The van der Waals surface area contributed by atoms with Crippen molar-refractivity contribution in [1.29, 1.82) is 0 Å². The monoisotopic (exact) mass is 228 g/mol. The van der Waals surface area contributed by atoms with Crippen LogP contribution < -0.4 is 0 Å². The van der Waals surface area contributed by atoms with Crippen molar-refractivity contribution in [2.45, 2.75) is 33.3 Å². The van der Waals surface area contributed by atoms with Gasteiger partial charge in [-0.25, -0.2) is 0 Å². The molecule has 0 aromatic carbocycles. The van der Waals surface area contributed by atoms with Crippen LogP contribution in [0.1, 0.15) is 32.0 Å². The summed E-state index contributed by atoms with van der Waals surface area (Å²) >= 11 is 0. The third kappa shape index (κ3) is 4.39. The fourth-order valence-corrected chi connectivity index (χ4v) is 1.29. The SMILES string of the molecule is CCOCc1noc(CC(C)CC(=O)O)n1. The van der Waals surface area contributed by atoms with E-state index in [9.17, 15) is 4.79 Å². The Bertz CT molecular complexity index is 337. The summed E-state index contributed by atoms with van der Waals surface area (Å²) in [5, 5.41) is 12.3. The van der Waals surface area contributed by atoms with Crippen molar-refractivity contribution >= 4 is 5.97 Å². The molecule has 0 saturated heterocycles. The Morgan fingerprint density at radius 3 is 3.00 bits per heavy atom. The molecule has 6 heteroatoms. The van der Waals surface area contributed by atoms with Crippen molar-refractivity contribution in [1.82, 2.24) is 10.1 Å². The number of carboxylic acids is 1. The molecule has 0 fully saturated rings. The lowest BCUT2D eigenvalue weighted by atomic mass is 10.0. The smallest absolute Gasteiger partial charge is 0.303 e. The van der Waals surface area contributed by atoms with Crippen LogP contribution in [0.25, 0.3) is 0 Å². The molecule has 6 nitrogen and oxygen atoms in total. The summed E-state index contributed by atoms with van der Waals surface area (Å²) in [5.74, 6) is 0.127. The first kappa shape index (κ1) is 12.6. The van der Waals surface area contributed by atoms with Crippen LogP contribution in [-0.2, 0) is 22.6 Å². The highest BCUT2D eigenvalue weighted by Gasteiger charge is 2.13. The fraction of sp³-hybridized carbons (Fsp3) is 0.700. The van der Waals surface area contributed by atoms with Crippen LogP contribution >= 0.6 is 0 Å². The Hall–Kier alpha value is -1.43. The quantitative estimate of drug-likeness (QED) is 0.756. The number of carboxylic acid groups (broad SMARTS) is 1. The summed E-state index contributed by atoms with van der Waals surface area (Å²) in [6, 6.07) is 0. The zero-order chi connectivity index (χ0) is 12.0. The summed E-state index contributed by atoms with van der Waals surface area (Å²) < 4.78 is 10.1. The average Bonchev–Trinajstić information content (AvgIpc) is 2.61. The van der Waals surface area contributed by atoms with Gasteiger partial charge in [0.05, 0.1) is 0 Å². The van der Waals surface area contributed by atoms with Gasteiger partial charge in [0.2, 0.25) is 5.89 Å². The molecule has 90 valence electrons. The van der Waals surface area contributed by atoms with Gasteiger partial charge < -0.3 is 14.4 Å². The molecule has 0 bridgehead atoms. The lowest BCUT2D eigenvalue weighted by molar-refractivity contribution is -0.137. The normalized spacial score (nSPS) is 12.6. The lowest BCUT2D eigenvalue weighted by Crippen LogP contribution is -2.07. The first-order valence-corrected chi connectivity index (χ1v) is 5.22. The van der Waals surface area contributed by atoms with E-state index < -0.39 is 5.97 Å². The zero-order valence-corrected chi connectivity index (χ0v) is 9.47. The maximum absolute atomic E-state index is 10.5. The highest BCUT2D eigenvalue weighted by molar-refractivity contribution is 5.66. The molecular weight excluding hydrogens is 212 g/mol. The van der Waals surface area contributed by atoms with Crippen molar-refractivity contribution in [3.63, 3.8) is 0 Å². The fourth-order valence-electron chi connectivity index (χ4n) is 1.29.